The van der Waals surface area contributed by atoms with Crippen LogP contribution in [0.5, 0.6) is 5.75 Å². The number of hydrogen-bond donors (Lipinski definition) is 2. The van der Waals surface area contributed by atoms with Crippen LogP contribution in [0, 0.1) is 6.92 Å². The Labute approximate surface area is 158 Å². The minimum Gasteiger partial charge on any atom is -0.493 e. The van der Waals surface area contributed by atoms with Crippen LogP contribution in [0.1, 0.15) is 45.9 Å². The molecule has 6 nitrogen and oxygen atoms in total. The molecule has 0 saturated carbocycles. The number of benzene rings is 1. The molecular weight excluding hydrogens is 342 g/mol. The highest BCUT2D eigenvalue weighted by molar-refractivity contribution is 5.95. The molecule has 6 heteroatoms. The van der Waals surface area contributed by atoms with Gasteiger partial charge in [0.05, 0.1) is 6.61 Å². The van der Waals surface area contributed by atoms with Gasteiger partial charge in [-0.1, -0.05) is 12.1 Å². The van der Waals surface area contributed by atoms with E-state index in [0.29, 0.717) is 18.7 Å². The molecule has 1 saturated heterocycles. The summed E-state index contributed by atoms with van der Waals surface area (Å²) < 4.78 is 7.25. The molecule has 27 heavy (non-hydrogen) atoms. The van der Waals surface area contributed by atoms with E-state index in [9.17, 15) is 9.59 Å². The summed E-state index contributed by atoms with van der Waals surface area (Å²) >= 11 is 0. The highest BCUT2D eigenvalue weighted by atomic mass is 16.5. The van der Waals surface area contributed by atoms with Crippen LogP contribution < -0.4 is 20.9 Å². The minimum absolute atomic E-state index is 0.155. The summed E-state index contributed by atoms with van der Waals surface area (Å²) in [5.74, 6) is 0.617. The number of carbonyl (C=O) groups excluding carboxylic acids is 1. The van der Waals surface area contributed by atoms with Crippen molar-refractivity contribution < 1.29 is 9.53 Å². The Kier molecular flexibility index (Phi) is 4.99. The van der Waals surface area contributed by atoms with Crippen molar-refractivity contribution in [2.45, 2.75) is 38.8 Å². The van der Waals surface area contributed by atoms with Gasteiger partial charge in [-0.25, -0.2) is 0 Å². The van der Waals surface area contributed by atoms with Gasteiger partial charge in [0, 0.05) is 25.2 Å². The number of nitrogens with zero attached hydrogens (tertiary/aromatic N) is 1. The number of ether oxygens (including phenoxy) is 1. The third kappa shape index (κ3) is 3.62. The number of aryl methyl sites for hydroxylation is 1. The van der Waals surface area contributed by atoms with Crippen molar-refractivity contribution in [2.75, 3.05) is 19.7 Å². The lowest BCUT2D eigenvalue weighted by Gasteiger charge is -2.25. The summed E-state index contributed by atoms with van der Waals surface area (Å²) in [4.78, 5) is 25.7. The highest BCUT2D eigenvalue weighted by Gasteiger charge is 2.21. The third-order valence-electron chi connectivity index (χ3n) is 5.46. The summed E-state index contributed by atoms with van der Waals surface area (Å²) in [6.45, 7) is 4.72. The van der Waals surface area contributed by atoms with Crippen LogP contribution in [-0.4, -0.2) is 30.2 Å². The number of rotatable bonds is 4. The van der Waals surface area contributed by atoms with E-state index in [4.69, 9.17) is 4.74 Å². The molecule has 0 atom stereocenters. The van der Waals surface area contributed by atoms with E-state index in [1.165, 1.54) is 5.56 Å². The standard InChI is InChI=1S/C21H25N3O3/c1-14-6-10-24(17-4-8-22-9-5-17)21(26)19(14)20(25)23-13-15-2-3-18-16(12-15)7-11-27-18/h2-3,6,10,12,17,22H,4-5,7-9,11,13H2,1H3,(H,23,25). The van der Waals surface area contributed by atoms with E-state index in [2.05, 4.69) is 16.7 Å². The zero-order valence-corrected chi connectivity index (χ0v) is 15.6. The molecule has 1 aromatic carbocycles. The van der Waals surface area contributed by atoms with Gasteiger partial charge in [0.15, 0.2) is 0 Å². The number of hydrogen-bond acceptors (Lipinski definition) is 4. The van der Waals surface area contributed by atoms with E-state index in [-0.39, 0.29) is 23.1 Å². The normalized spacial score (nSPS) is 16.6. The van der Waals surface area contributed by atoms with Gasteiger partial charge in [-0.2, -0.15) is 0 Å². The van der Waals surface area contributed by atoms with Crippen molar-refractivity contribution in [1.82, 2.24) is 15.2 Å². The van der Waals surface area contributed by atoms with Gasteiger partial charge >= 0.3 is 0 Å². The predicted octanol–water partition coefficient (Wildman–Crippen LogP) is 1.95. The van der Waals surface area contributed by atoms with Crippen LogP contribution in [0.2, 0.25) is 0 Å². The topological polar surface area (TPSA) is 72.4 Å². The van der Waals surface area contributed by atoms with Crippen LogP contribution in [-0.2, 0) is 13.0 Å². The summed E-state index contributed by atoms with van der Waals surface area (Å²) in [6, 6.07) is 7.98. The summed E-state index contributed by atoms with van der Waals surface area (Å²) in [5.41, 5.74) is 2.96. The molecule has 1 aromatic heterocycles. The van der Waals surface area contributed by atoms with Gasteiger partial charge in [-0.15, -0.1) is 0 Å². The molecule has 142 valence electrons. The lowest BCUT2D eigenvalue weighted by atomic mass is 10.0. The molecule has 0 aliphatic carbocycles. The predicted molar refractivity (Wildman–Crippen MR) is 103 cm³/mol. The van der Waals surface area contributed by atoms with Crippen LogP contribution in [0.4, 0.5) is 0 Å². The van der Waals surface area contributed by atoms with Crippen LogP contribution in [0.25, 0.3) is 0 Å². The van der Waals surface area contributed by atoms with E-state index >= 15 is 0 Å². The second-order valence-corrected chi connectivity index (χ2v) is 7.29. The number of aromatic nitrogens is 1. The Balaban J connectivity index is 1.52. The monoisotopic (exact) mass is 367 g/mol. The minimum atomic E-state index is -0.308. The molecule has 2 N–H and O–H groups in total. The first-order chi connectivity index (χ1) is 13.1. The van der Waals surface area contributed by atoms with Crippen molar-refractivity contribution in [1.29, 1.82) is 0 Å². The fraction of sp³-hybridized carbons (Fsp3) is 0.429. The Hall–Kier alpha value is -2.60. The number of pyridine rings is 1. The van der Waals surface area contributed by atoms with Gasteiger partial charge in [0.2, 0.25) is 0 Å². The van der Waals surface area contributed by atoms with Crippen LogP contribution >= 0.6 is 0 Å². The first-order valence-corrected chi connectivity index (χ1v) is 9.59. The largest absolute Gasteiger partial charge is 0.493 e. The molecule has 2 aliphatic rings. The Morgan fingerprint density at radius 3 is 2.93 bits per heavy atom. The van der Waals surface area contributed by atoms with Crippen molar-refractivity contribution in [3.63, 3.8) is 0 Å². The van der Waals surface area contributed by atoms with Gasteiger partial charge in [0.1, 0.15) is 11.3 Å². The maximum Gasteiger partial charge on any atom is 0.263 e. The van der Waals surface area contributed by atoms with Gasteiger partial charge < -0.3 is 19.9 Å². The number of nitrogens with one attached hydrogen (secondary N) is 2. The molecule has 2 aliphatic heterocycles. The first-order valence-electron chi connectivity index (χ1n) is 9.59. The summed E-state index contributed by atoms with van der Waals surface area (Å²) in [6.07, 6.45) is 4.53. The molecular formula is C21H25N3O3. The maximum atomic E-state index is 13.0. The van der Waals surface area contributed by atoms with Gasteiger partial charge in [-0.3, -0.25) is 9.59 Å². The second-order valence-electron chi connectivity index (χ2n) is 7.29. The number of amides is 1. The van der Waals surface area contributed by atoms with E-state index < -0.39 is 0 Å². The first kappa shape index (κ1) is 17.8. The van der Waals surface area contributed by atoms with Crippen molar-refractivity contribution in [2.24, 2.45) is 0 Å². The Bertz CT molecular complexity index is 913. The average molecular weight is 367 g/mol. The van der Waals surface area contributed by atoms with Crippen molar-refractivity contribution in [3.05, 3.63) is 63.1 Å². The maximum absolute atomic E-state index is 13.0. The molecule has 0 spiro atoms. The molecule has 0 bridgehead atoms. The fourth-order valence-corrected chi connectivity index (χ4v) is 3.91. The molecule has 1 fully saturated rings. The number of fused-ring (bicyclic) bond motifs is 1. The van der Waals surface area contributed by atoms with Crippen LogP contribution in [0.3, 0.4) is 0 Å². The molecule has 2 aromatic rings. The van der Waals surface area contributed by atoms with Crippen molar-refractivity contribution >= 4 is 5.91 Å². The highest BCUT2D eigenvalue weighted by Crippen LogP contribution is 2.25. The van der Waals surface area contributed by atoms with E-state index in [1.54, 1.807) is 4.57 Å². The average Bonchev–Trinajstić information content (AvgIpc) is 3.15. The quantitative estimate of drug-likeness (QED) is 0.866. The molecule has 4 rings (SSSR count). The molecule has 1 amide bonds. The summed E-state index contributed by atoms with van der Waals surface area (Å²) in [7, 11) is 0. The summed E-state index contributed by atoms with van der Waals surface area (Å²) in [5, 5.41) is 6.22. The molecule has 0 unspecified atom stereocenters. The van der Waals surface area contributed by atoms with E-state index in [1.807, 2.05) is 31.3 Å². The molecule has 3 heterocycles. The van der Waals surface area contributed by atoms with E-state index in [0.717, 1.165) is 43.7 Å². The smallest absolute Gasteiger partial charge is 0.263 e. The van der Waals surface area contributed by atoms with Crippen LogP contribution in [0.15, 0.2) is 35.3 Å². The van der Waals surface area contributed by atoms with Gasteiger partial charge in [0.25, 0.3) is 11.5 Å². The lowest BCUT2D eigenvalue weighted by molar-refractivity contribution is 0.0947. The second kappa shape index (κ2) is 7.56. The Morgan fingerprint density at radius 1 is 1.30 bits per heavy atom. The lowest BCUT2D eigenvalue weighted by Crippen LogP contribution is -2.38. The zero-order valence-electron chi connectivity index (χ0n) is 15.6. The molecule has 0 radical (unpaired) electrons. The fourth-order valence-electron chi connectivity index (χ4n) is 3.91. The third-order valence-corrected chi connectivity index (χ3v) is 5.46. The number of carbonyl (C=O) groups is 1. The zero-order chi connectivity index (χ0) is 18.8. The number of piperidine rings is 1. The van der Waals surface area contributed by atoms with Crippen molar-refractivity contribution in [3.8, 4) is 5.75 Å². The SMILES string of the molecule is Cc1ccn(C2CCNCC2)c(=O)c1C(=O)NCc1ccc2c(c1)CCO2. The van der Waals surface area contributed by atoms with Gasteiger partial charge in [-0.05, 0) is 61.7 Å². The Morgan fingerprint density at radius 2 is 2.11 bits per heavy atom.